The third kappa shape index (κ3) is 2.35. The Morgan fingerprint density at radius 1 is 1.29 bits per heavy atom. The van der Waals surface area contributed by atoms with Crippen LogP contribution in [0.25, 0.3) is 5.69 Å². The number of rotatable bonds is 3. The molecule has 0 bridgehead atoms. The fourth-order valence-corrected chi connectivity index (χ4v) is 2.64. The van der Waals surface area contributed by atoms with Crippen LogP contribution in [0.2, 0.25) is 0 Å². The number of Topliss-reactive ketones (excluding diaryl/α,β-unsaturated/α-hetero) is 1. The van der Waals surface area contributed by atoms with Gasteiger partial charge in [0.1, 0.15) is 5.69 Å². The molecule has 1 aliphatic carbocycles. The maximum atomic E-state index is 12.3. The van der Waals surface area contributed by atoms with Crippen molar-refractivity contribution in [1.29, 1.82) is 0 Å². The number of esters is 1. The first-order valence-electron chi connectivity index (χ1n) is 7.10. The molecule has 0 saturated heterocycles. The quantitative estimate of drug-likeness (QED) is 0.813. The number of hydrogen-bond donors (Lipinski definition) is 0. The minimum absolute atomic E-state index is 0.0307. The van der Waals surface area contributed by atoms with Gasteiger partial charge in [0.2, 0.25) is 0 Å². The number of aromatic nitrogens is 2. The Balaban J connectivity index is 2.17. The van der Waals surface area contributed by atoms with Crippen molar-refractivity contribution in [2.24, 2.45) is 0 Å². The maximum absolute atomic E-state index is 12.3. The lowest BCUT2D eigenvalue weighted by molar-refractivity contribution is 0.0517. The minimum Gasteiger partial charge on any atom is -0.461 e. The van der Waals surface area contributed by atoms with E-state index in [0.29, 0.717) is 30.7 Å². The lowest BCUT2D eigenvalue weighted by atomic mass is 9.94. The Labute approximate surface area is 122 Å². The second-order valence-electron chi connectivity index (χ2n) is 4.92. The van der Waals surface area contributed by atoms with E-state index in [4.69, 9.17) is 4.74 Å². The largest absolute Gasteiger partial charge is 0.461 e. The van der Waals surface area contributed by atoms with E-state index in [1.165, 1.54) is 0 Å². The smallest absolute Gasteiger partial charge is 0.359 e. The minimum atomic E-state index is -0.460. The number of ether oxygens (including phenoxy) is 1. The molecule has 0 aliphatic heterocycles. The fourth-order valence-electron chi connectivity index (χ4n) is 2.64. The number of carbonyl (C=O) groups is 2. The third-order valence-corrected chi connectivity index (χ3v) is 3.55. The van der Waals surface area contributed by atoms with Crippen LogP contribution in [-0.2, 0) is 11.2 Å². The molecule has 2 aromatic rings. The van der Waals surface area contributed by atoms with Crippen LogP contribution < -0.4 is 0 Å². The molecule has 5 nitrogen and oxygen atoms in total. The van der Waals surface area contributed by atoms with Crippen LogP contribution >= 0.6 is 0 Å². The predicted molar refractivity (Wildman–Crippen MR) is 76.8 cm³/mol. The monoisotopic (exact) mass is 284 g/mol. The molecule has 1 aliphatic rings. The second kappa shape index (κ2) is 5.52. The van der Waals surface area contributed by atoms with Gasteiger partial charge in [0, 0.05) is 12.0 Å². The topological polar surface area (TPSA) is 61.2 Å². The number of para-hydroxylation sites is 1. The molecule has 1 aromatic carbocycles. The Kier molecular flexibility index (Phi) is 3.56. The van der Waals surface area contributed by atoms with Gasteiger partial charge in [0.25, 0.3) is 0 Å². The van der Waals surface area contributed by atoms with Gasteiger partial charge in [-0.15, -0.1) is 0 Å². The van der Waals surface area contributed by atoms with Crippen molar-refractivity contribution in [3.8, 4) is 5.69 Å². The van der Waals surface area contributed by atoms with Crippen LogP contribution in [0.3, 0.4) is 0 Å². The van der Waals surface area contributed by atoms with Crippen molar-refractivity contribution < 1.29 is 14.3 Å². The zero-order valence-electron chi connectivity index (χ0n) is 11.8. The van der Waals surface area contributed by atoms with Crippen LogP contribution in [0, 0.1) is 0 Å². The van der Waals surface area contributed by atoms with Gasteiger partial charge in [-0.3, -0.25) is 4.79 Å². The normalized spacial score (nSPS) is 13.9. The van der Waals surface area contributed by atoms with Crippen LogP contribution in [-0.4, -0.2) is 28.1 Å². The summed E-state index contributed by atoms with van der Waals surface area (Å²) in [6.45, 7) is 2.05. The predicted octanol–water partition coefficient (Wildman–Crippen LogP) is 2.57. The zero-order chi connectivity index (χ0) is 14.8. The van der Waals surface area contributed by atoms with Crippen molar-refractivity contribution in [3.05, 3.63) is 47.3 Å². The average molecular weight is 284 g/mol. The number of carbonyl (C=O) groups excluding carboxylic acids is 2. The van der Waals surface area contributed by atoms with Crippen molar-refractivity contribution >= 4 is 11.8 Å². The van der Waals surface area contributed by atoms with E-state index >= 15 is 0 Å². The molecule has 1 aromatic heterocycles. The molecule has 0 amide bonds. The highest BCUT2D eigenvalue weighted by Gasteiger charge is 2.30. The number of benzene rings is 1. The van der Waals surface area contributed by atoms with Crippen molar-refractivity contribution in [2.45, 2.75) is 26.2 Å². The Hall–Kier alpha value is -2.43. The molecule has 0 atom stereocenters. The number of fused-ring (bicyclic) bond motifs is 1. The Morgan fingerprint density at radius 3 is 2.76 bits per heavy atom. The zero-order valence-corrected chi connectivity index (χ0v) is 11.8. The average Bonchev–Trinajstić information content (AvgIpc) is 2.89. The van der Waals surface area contributed by atoms with Crippen molar-refractivity contribution in [1.82, 2.24) is 9.78 Å². The summed E-state index contributed by atoms with van der Waals surface area (Å²) < 4.78 is 6.62. The summed E-state index contributed by atoms with van der Waals surface area (Å²) in [7, 11) is 0. The Bertz CT molecular complexity index is 689. The van der Waals surface area contributed by atoms with Gasteiger partial charge in [0.05, 0.1) is 12.3 Å². The van der Waals surface area contributed by atoms with Crippen LogP contribution in [0.1, 0.15) is 46.3 Å². The van der Waals surface area contributed by atoms with Crippen molar-refractivity contribution in [2.75, 3.05) is 6.61 Å². The summed E-state index contributed by atoms with van der Waals surface area (Å²) >= 11 is 0. The van der Waals surface area contributed by atoms with Crippen LogP contribution in [0.4, 0.5) is 0 Å². The molecular weight excluding hydrogens is 268 g/mol. The van der Waals surface area contributed by atoms with E-state index in [0.717, 1.165) is 12.1 Å². The molecule has 0 radical (unpaired) electrons. The molecule has 1 heterocycles. The highest BCUT2D eigenvalue weighted by molar-refractivity contribution is 6.01. The molecule has 0 fully saturated rings. The van der Waals surface area contributed by atoms with Crippen molar-refractivity contribution in [3.63, 3.8) is 0 Å². The SMILES string of the molecule is CCOC(=O)c1nn(-c2ccccc2)c2c1CCCC2=O. The molecular formula is C16H16N2O3. The van der Waals surface area contributed by atoms with E-state index in [-0.39, 0.29) is 11.5 Å². The first-order chi connectivity index (χ1) is 10.2. The van der Waals surface area contributed by atoms with E-state index in [2.05, 4.69) is 5.10 Å². The summed E-state index contributed by atoms with van der Waals surface area (Å²) in [6.07, 6.45) is 1.93. The summed E-state index contributed by atoms with van der Waals surface area (Å²) in [5, 5.41) is 4.35. The van der Waals surface area contributed by atoms with Crippen LogP contribution in [0.15, 0.2) is 30.3 Å². The lowest BCUT2D eigenvalue weighted by Gasteiger charge is -2.13. The first-order valence-corrected chi connectivity index (χ1v) is 7.10. The van der Waals surface area contributed by atoms with Gasteiger partial charge in [-0.25, -0.2) is 9.48 Å². The summed E-state index contributed by atoms with van der Waals surface area (Å²) in [5.74, 6) is -0.429. The molecule has 0 spiro atoms. The Morgan fingerprint density at radius 2 is 2.05 bits per heavy atom. The summed E-state index contributed by atoms with van der Waals surface area (Å²) in [5.41, 5.74) is 2.28. The standard InChI is InChI=1S/C16H16N2O3/c1-2-21-16(20)14-12-9-6-10-13(19)15(12)18(17-14)11-7-4-3-5-8-11/h3-5,7-8H,2,6,9-10H2,1H3. The maximum Gasteiger partial charge on any atom is 0.359 e. The second-order valence-corrected chi connectivity index (χ2v) is 4.92. The van der Waals surface area contributed by atoms with Gasteiger partial charge in [-0.05, 0) is 31.9 Å². The van der Waals surface area contributed by atoms with E-state index in [1.54, 1.807) is 11.6 Å². The van der Waals surface area contributed by atoms with Gasteiger partial charge in [-0.1, -0.05) is 18.2 Å². The van der Waals surface area contributed by atoms with Gasteiger partial charge in [0.15, 0.2) is 11.5 Å². The summed E-state index contributed by atoms with van der Waals surface area (Å²) in [6, 6.07) is 9.38. The van der Waals surface area contributed by atoms with Crippen LogP contribution in [0.5, 0.6) is 0 Å². The fraction of sp³-hybridized carbons (Fsp3) is 0.312. The van der Waals surface area contributed by atoms with Gasteiger partial charge in [-0.2, -0.15) is 5.10 Å². The van der Waals surface area contributed by atoms with E-state index in [9.17, 15) is 9.59 Å². The number of hydrogen-bond acceptors (Lipinski definition) is 4. The molecule has 0 unspecified atom stereocenters. The first kappa shape index (κ1) is 13.5. The molecule has 108 valence electrons. The van der Waals surface area contributed by atoms with E-state index < -0.39 is 5.97 Å². The van der Waals surface area contributed by atoms with E-state index in [1.807, 2.05) is 30.3 Å². The molecule has 3 rings (SSSR count). The highest BCUT2D eigenvalue weighted by Crippen LogP contribution is 2.27. The number of nitrogens with zero attached hydrogens (tertiary/aromatic N) is 2. The highest BCUT2D eigenvalue weighted by atomic mass is 16.5. The van der Waals surface area contributed by atoms with Gasteiger partial charge < -0.3 is 4.74 Å². The summed E-state index contributed by atoms with van der Waals surface area (Å²) in [4.78, 5) is 24.3. The molecule has 21 heavy (non-hydrogen) atoms. The lowest BCUT2D eigenvalue weighted by Crippen LogP contribution is -2.15. The molecule has 0 saturated carbocycles. The van der Waals surface area contributed by atoms with Gasteiger partial charge >= 0.3 is 5.97 Å². The molecule has 5 heteroatoms. The number of ketones is 1. The third-order valence-electron chi connectivity index (χ3n) is 3.55. The molecule has 0 N–H and O–H groups in total.